The predicted octanol–water partition coefficient (Wildman–Crippen LogP) is 8.50. The van der Waals surface area contributed by atoms with Gasteiger partial charge in [0, 0.05) is 0 Å². The van der Waals surface area contributed by atoms with Crippen molar-refractivity contribution in [1.82, 2.24) is 0 Å². The van der Waals surface area contributed by atoms with Crippen LogP contribution < -0.4 is 0 Å². The van der Waals surface area contributed by atoms with Crippen LogP contribution in [0.1, 0.15) is 83.6 Å². The molecule has 0 heteroatoms. The lowest BCUT2D eigenvalue weighted by Gasteiger charge is -2.01. The highest BCUT2D eigenvalue weighted by Gasteiger charge is 1.93. The van der Waals surface area contributed by atoms with Gasteiger partial charge in [-0.05, 0) is 43.4 Å². The Labute approximate surface area is 153 Å². The van der Waals surface area contributed by atoms with Crippen molar-refractivity contribution in [3.63, 3.8) is 0 Å². The molecule has 0 unspecified atom stereocenters. The van der Waals surface area contributed by atoms with Crippen LogP contribution in [0.15, 0.2) is 48.5 Å². The quantitative estimate of drug-likeness (QED) is 0.491. The van der Waals surface area contributed by atoms with Gasteiger partial charge in [-0.2, -0.15) is 0 Å². The Morgan fingerprint density at radius 1 is 0.583 bits per heavy atom. The molecule has 2 aromatic rings. The maximum atomic E-state index is 2.20. The molecule has 0 aliphatic rings. The van der Waals surface area contributed by atoms with Crippen molar-refractivity contribution < 1.29 is 0 Å². The Kier molecular flexibility index (Phi) is 22.2. The molecular weight excluding hydrogens is 288 g/mol. The second kappa shape index (κ2) is 19.5. The normalized spacial score (nSPS) is 8.17. The van der Waals surface area contributed by atoms with Gasteiger partial charge in [-0.15, -0.1) is 0 Å². The van der Waals surface area contributed by atoms with E-state index in [1.807, 2.05) is 47.6 Å². The van der Waals surface area contributed by atoms with Crippen molar-refractivity contribution in [2.24, 2.45) is 0 Å². The van der Waals surface area contributed by atoms with E-state index in [0.717, 1.165) is 0 Å². The van der Waals surface area contributed by atoms with Gasteiger partial charge in [-0.3, -0.25) is 0 Å². The first-order valence-corrected chi connectivity index (χ1v) is 9.59. The van der Waals surface area contributed by atoms with Crippen LogP contribution in [-0.2, 0) is 0 Å². The van der Waals surface area contributed by atoms with Crippen molar-refractivity contribution in [2.75, 3.05) is 0 Å². The summed E-state index contributed by atoms with van der Waals surface area (Å²) in [6.45, 7) is 22.8. The van der Waals surface area contributed by atoms with Gasteiger partial charge in [-0.1, -0.05) is 109 Å². The highest BCUT2D eigenvalue weighted by molar-refractivity contribution is 5.28. The van der Waals surface area contributed by atoms with Crippen LogP contribution in [0.25, 0.3) is 0 Å². The summed E-state index contributed by atoms with van der Waals surface area (Å²) < 4.78 is 0. The molecular formula is C24H42. The van der Waals surface area contributed by atoms with Gasteiger partial charge in [0.25, 0.3) is 0 Å². The predicted molar refractivity (Wildman–Crippen MR) is 115 cm³/mol. The highest BCUT2D eigenvalue weighted by atomic mass is 14.0. The van der Waals surface area contributed by atoms with Crippen LogP contribution in [0.3, 0.4) is 0 Å². The third-order valence-corrected chi connectivity index (χ3v) is 3.13. The molecule has 0 aromatic heterocycles. The minimum atomic E-state index is 0.659. The standard InChI is InChI=1S/2C9H12.3C2H6/c1-7-4-5-8(2)9(3)6-7;1-8(2)9-6-4-3-5-7-9;3*1-2/h4-6H,1-3H3;3-8H,1-2H3;3*1-2H3. The van der Waals surface area contributed by atoms with Crippen LogP contribution in [0.5, 0.6) is 0 Å². The average Bonchev–Trinajstić information content (AvgIpc) is 2.65. The molecule has 24 heavy (non-hydrogen) atoms. The molecule has 0 radical (unpaired) electrons. The number of aryl methyl sites for hydroxylation is 3. The van der Waals surface area contributed by atoms with E-state index in [1.165, 1.54) is 22.3 Å². The molecule has 0 saturated heterocycles. The molecule has 0 nitrogen and oxygen atoms in total. The summed E-state index contributed by atoms with van der Waals surface area (Å²) in [5.41, 5.74) is 5.52. The summed E-state index contributed by atoms with van der Waals surface area (Å²) in [7, 11) is 0. The number of benzene rings is 2. The number of hydrogen-bond donors (Lipinski definition) is 0. The minimum Gasteiger partial charge on any atom is -0.0683 e. The molecule has 0 amide bonds. The first-order chi connectivity index (χ1) is 11.5. The third-order valence-electron chi connectivity index (χ3n) is 3.13. The Morgan fingerprint density at radius 2 is 1.04 bits per heavy atom. The fourth-order valence-electron chi connectivity index (χ4n) is 1.73. The Bertz CT molecular complexity index is 467. The molecule has 0 aliphatic heterocycles. The van der Waals surface area contributed by atoms with Crippen molar-refractivity contribution in [1.29, 1.82) is 0 Å². The second-order valence-electron chi connectivity index (χ2n) is 5.15. The van der Waals surface area contributed by atoms with E-state index in [0.29, 0.717) is 5.92 Å². The maximum Gasteiger partial charge on any atom is -0.0219 e. The zero-order chi connectivity index (χ0) is 19.5. The first-order valence-electron chi connectivity index (χ1n) is 9.59. The van der Waals surface area contributed by atoms with E-state index < -0.39 is 0 Å². The van der Waals surface area contributed by atoms with Gasteiger partial charge in [-0.25, -0.2) is 0 Å². The minimum absolute atomic E-state index is 0.659. The van der Waals surface area contributed by atoms with E-state index in [-0.39, 0.29) is 0 Å². The first kappa shape index (κ1) is 27.3. The zero-order valence-electron chi connectivity index (χ0n) is 18.2. The van der Waals surface area contributed by atoms with Gasteiger partial charge in [0.2, 0.25) is 0 Å². The van der Waals surface area contributed by atoms with E-state index in [4.69, 9.17) is 0 Å². The van der Waals surface area contributed by atoms with Gasteiger partial charge in [0.05, 0.1) is 0 Å². The number of hydrogen-bond acceptors (Lipinski definition) is 0. The Balaban J connectivity index is -0.000000281. The van der Waals surface area contributed by atoms with E-state index in [2.05, 4.69) is 77.1 Å². The molecule has 138 valence electrons. The fourth-order valence-corrected chi connectivity index (χ4v) is 1.73. The summed E-state index contributed by atoms with van der Waals surface area (Å²) >= 11 is 0. The maximum absolute atomic E-state index is 2.20. The van der Waals surface area contributed by atoms with Gasteiger partial charge in [0.1, 0.15) is 0 Å². The number of rotatable bonds is 1. The van der Waals surface area contributed by atoms with Crippen molar-refractivity contribution in [3.05, 3.63) is 70.8 Å². The lowest BCUT2D eigenvalue weighted by molar-refractivity contribution is 0.867. The van der Waals surface area contributed by atoms with E-state index in [9.17, 15) is 0 Å². The molecule has 0 heterocycles. The largest absolute Gasteiger partial charge is 0.0683 e. The van der Waals surface area contributed by atoms with E-state index in [1.54, 1.807) is 0 Å². The molecule has 2 rings (SSSR count). The topological polar surface area (TPSA) is 0 Å². The Morgan fingerprint density at radius 3 is 1.33 bits per heavy atom. The fraction of sp³-hybridized carbons (Fsp3) is 0.500. The lowest BCUT2D eigenvalue weighted by atomic mass is 10.0. The van der Waals surface area contributed by atoms with Crippen molar-refractivity contribution >= 4 is 0 Å². The zero-order valence-corrected chi connectivity index (χ0v) is 18.2. The summed E-state index contributed by atoms with van der Waals surface area (Å²) in [5.74, 6) is 0.659. The molecule has 0 fully saturated rings. The summed E-state index contributed by atoms with van der Waals surface area (Å²) in [5, 5.41) is 0. The van der Waals surface area contributed by atoms with Crippen LogP contribution in [-0.4, -0.2) is 0 Å². The smallest absolute Gasteiger partial charge is 0.0219 e. The molecule has 0 aliphatic carbocycles. The van der Waals surface area contributed by atoms with E-state index >= 15 is 0 Å². The molecule has 0 spiro atoms. The highest BCUT2D eigenvalue weighted by Crippen LogP contribution is 2.11. The molecule has 0 saturated carbocycles. The van der Waals surface area contributed by atoms with Crippen LogP contribution >= 0.6 is 0 Å². The van der Waals surface area contributed by atoms with Gasteiger partial charge < -0.3 is 0 Å². The molecule has 0 bridgehead atoms. The molecule has 0 N–H and O–H groups in total. The van der Waals surface area contributed by atoms with Crippen LogP contribution in [0.4, 0.5) is 0 Å². The van der Waals surface area contributed by atoms with Gasteiger partial charge >= 0.3 is 0 Å². The second-order valence-corrected chi connectivity index (χ2v) is 5.15. The SMILES string of the molecule is CC.CC.CC.CC(C)c1ccccc1.Cc1ccc(C)c(C)c1. The average molecular weight is 331 g/mol. The van der Waals surface area contributed by atoms with Gasteiger partial charge in [0.15, 0.2) is 0 Å². The monoisotopic (exact) mass is 330 g/mol. The Hall–Kier alpha value is -1.56. The third kappa shape index (κ3) is 14.1. The molecule has 2 aromatic carbocycles. The summed E-state index contributed by atoms with van der Waals surface area (Å²) in [6.07, 6.45) is 0. The van der Waals surface area contributed by atoms with Crippen LogP contribution in [0, 0.1) is 20.8 Å². The summed E-state index contributed by atoms with van der Waals surface area (Å²) in [4.78, 5) is 0. The lowest BCUT2D eigenvalue weighted by Crippen LogP contribution is -1.83. The van der Waals surface area contributed by atoms with Crippen molar-refractivity contribution in [3.8, 4) is 0 Å². The van der Waals surface area contributed by atoms with Crippen molar-refractivity contribution in [2.45, 2.75) is 82.1 Å². The molecule has 0 atom stereocenters. The summed E-state index contributed by atoms with van der Waals surface area (Å²) in [6, 6.07) is 17.0. The van der Waals surface area contributed by atoms with Crippen LogP contribution in [0.2, 0.25) is 0 Å².